The van der Waals surface area contributed by atoms with E-state index in [1.807, 2.05) is 6.07 Å². The van der Waals surface area contributed by atoms with Crippen LogP contribution >= 0.6 is 0 Å². The van der Waals surface area contributed by atoms with E-state index < -0.39 is 0 Å². The van der Waals surface area contributed by atoms with Gasteiger partial charge in [-0.05, 0) is 6.07 Å². The van der Waals surface area contributed by atoms with Crippen molar-refractivity contribution in [3.63, 3.8) is 0 Å². The van der Waals surface area contributed by atoms with Gasteiger partial charge >= 0.3 is 0 Å². The van der Waals surface area contributed by atoms with Crippen LogP contribution in [0.3, 0.4) is 0 Å². The average molecular weight is 135 g/mol. The van der Waals surface area contributed by atoms with Gasteiger partial charge in [-0.2, -0.15) is 0 Å². The molecule has 0 amide bonds. The fraction of sp³-hybridized carbons (Fsp3) is 0.125. The highest BCUT2D eigenvalue weighted by atomic mass is 19.1. The molecule has 2 rings (SSSR count). The van der Waals surface area contributed by atoms with Crippen LogP contribution in [0.1, 0.15) is 11.1 Å². The van der Waals surface area contributed by atoms with Gasteiger partial charge in [0.15, 0.2) is 0 Å². The molecule has 0 N–H and O–H groups in total. The van der Waals surface area contributed by atoms with E-state index in [4.69, 9.17) is 0 Å². The molecule has 0 aromatic heterocycles. The minimum absolute atomic E-state index is 0.144. The van der Waals surface area contributed by atoms with Gasteiger partial charge in [0.25, 0.3) is 0 Å². The highest BCUT2D eigenvalue weighted by Gasteiger charge is 2.09. The van der Waals surface area contributed by atoms with E-state index >= 15 is 0 Å². The van der Waals surface area contributed by atoms with Crippen molar-refractivity contribution in [1.29, 1.82) is 0 Å². The van der Waals surface area contributed by atoms with Gasteiger partial charge in [-0.1, -0.05) is 12.1 Å². The Balaban J connectivity index is 2.66. The molecule has 0 atom stereocenters. The SMILES string of the molecule is Fc1cccc2c1CN=C2. The summed E-state index contributed by atoms with van der Waals surface area (Å²) in [6, 6.07) is 5.04. The molecule has 0 saturated carbocycles. The highest BCUT2D eigenvalue weighted by Crippen LogP contribution is 2.16. The Morgan fingerprint density at radius 2 is 2.30 bits per heavy atom. The third kappa shape index (κ3) is 0.652. The summed E-state index contributed by atoms with van der Waals surface area (Å²) in [6.45, 7) is 0.502. The van der Waals surface area contributed by atoms with E-state index in [1.165, 1.54) is 6.07 Å². The van der Waals surface area contributed by atoms with E-state index in [-0.39, 0.29) is 5.82 Å². The summed E-state index contributed by atoms with van der Waals surface area (Å²) in [5.41, 5.74) is 1.64. The lowest BCUT2D eigenvalue weighted by molar-refractivity contribution is 0.612. The molecule has 0 spiro atoms. The second kappa shape index (κ2) is 1.90. The third-order valence-corrected chi connectivity index (χ3v) is 1.63. The van der Waals surface area contributed by atoms with E-state index in [9.17, 15) is 4.39 Å². The molecule has 1 aromatic rings. The number of halogens is 1. The maximum atomic E-state index is 12.8. The monoisotopic (exact) mass is 135 g/mol. The molecule has 0 radical (unpaired) electrons. The van der Waals surface area contributed by atoms with E-state index in [1.54, 1.807) is 12.3 Å². The molecule has 1 heterocycles. The predicted octanol–water partition coefficient (Wildman–Crippen LogP) is 1.76. The first kappa shape index (κ1) is 5.59. The molecule has 10 heavy (non-hydrogen) atoms. The normalized spacial score (nSPS) is 13.7. The molecule has 1 nitrogen and oxygen atoms in total. The van der Waals surface area contributed by atoms with Crippen molar-refractivity contribution in [2.24, 2.45) is 4.99 Å². The van der Waals surface area contributed by atoms with E-state index in [0.29, 0.717) is 6.54 Å². The molecular formula is C8H6FN. The van der Waals surface area contributed by atoms with Crippen molar-refractivity contribution in [1.82, 2.24) is 0 Å². The maximum absolute atomic E-state index is 12.8. The lowest BCUT2D eigenvalue weighted by Crippen LogP contribution is -1.87. The van der Waals surface area contributed by atoms with Gasteiger partial charge in [0.05, 0.1) is 6.54 Å². The molecule has 0 saturated heterocycles. The van der Waals surface area contributed by atoms with Gasteiger partial charge < -0.3 is 0 Å². The molecule has 1 aromatic carbocycles. The first-order valence-electron chi connectivity index (χ1n) is 3.15. The van der Waals surface area contributed by atoms with Gasteiger partial charge in [-0.25, -0.2) is 4.39 Å². The molecule has 2 heteroatoms. The number of benzene rings is 1. The average Bonchev–Trinajstić information content (AvgIpc) is 2.36. The van der Waals surface area contributed by atoms with Crippen molar-refractivity contribution in [3.8, 4) is 0 Å². The molecular weight excluding hydrogens is 129 g/mol. The number of rotatable bonds is 0. The number of aliphatic imine (C=N–C) groups is 1. The van der Waals surface area contributed by atoms with Crippen molar-refractivity contribution < 1.29 is 4.39 Å². The topological polar surface area (TPSA) is 12.4 Å². The summed E-state index contributed by atoms with van der Waals surface area (Å²) in [5, 5.41) is 0. The maximum Gasteiger partial charge on any atom is 0.128 e. The number of nitrogens with zero attached hydrogens (tertiary/aromatic N) is 1. The molecule has 1 aliphatic heterocycles. The van der Waals surface area contributed by atoms with Crippen molar-refractivity contribution in [2.45, 2.75) is 6.54 Å². The largest absolute Gasteiger partial charge is 0.288 e. The van der Waals surface area contributed by atoms with Gasteiger partial charge in [-0.15, -0.1) is 0 Å². The van der Waals surface area contributed by atoms with Crippen molar-refractivity contribution >= 4 is 6.21 Å². The second-order valence-electron chi connectivity index (χ2n) is 2.28. The summed E-state index contributed by atoms with van der Waals surface area (Å²) in [7, 11) is 0. The summed E-state index contributed by atoms with van der Waals surface area (Å²) < 4.78 is 12.8. The molecule has 0 aliphatic carbocycles. The zero-order valence-corrected chi connectivity index (χ0v) is 5.34. The zero-order valence-electron chi connectivity index (χ0n) is 5.34. The lowest BCUT2D eigenvalue weighted by atomic mass is 10.1. The second-order valence-corrected chi connectivity index (χ2v) is 2.28. The van der Waals surface area contributed by atoms with Crippen LogP contribution in [0.15, 0.2) is 23.2 Å². The minimum atomic E-state index is -0.144. The van der Waals surface area contributed by atoms with Crippen LogP contribution < -0.4 is 0 Å². The first-order valence-corrected chi connectivity index (χ1v) is 3.15. The molecule has 0 unspecified atom stereocenters. The number of hydrogen-bond donors (Lipinski definition) is 0. The van der Waals surface area contributed by atoms with Crippen molar-refractivity contribution in [3.05, 3.63) is 35.1 Å². The standard InChI is InChI=1S/C8H6FN/c9-8-3-1-2-6-4-10-5-7(6)8/h1-4H,5H2. The van der Waals surface area contributed by atoms with E-state index in [2.05, 4.69) is 4.99 Å². The predicted molar refractivity (Wildman–Crippen MR) is 37.7 cm³/mol. The Bertz CT molecular complexity index is 291. The summed E-state index contributed by atoms with van der Waals surface area (Å²) >= 11 is 0. The van der Waals surface area contributed by atoms with Crippen LogP contribution in [0.4, 0.5) is 4.39 Å². The summed E-state index contributed by atoms with van der Waals surface area (Å²) in [5.74, 6) is -0.144. The van der Waals surface area contributed by atoms with Crippen LogP contribution in [-0.4, -0.2) is 6.21 Å². The van der Waals surface area contributed by atoms with Gasteiger partial charge in [0, 0.05) is 17.3 Å². The fourth-order valence-corrected chi connectivity index (χ4v) is 1.10. The van der Waals surface area contributed by atoms with Crippen LogP contribution in [0, 0.1) is 5.82 Å². The quantitative estimate of drug-likeness (QED) is 0.514. The third-order valence-electron chi connectivity index (χ3n) is 1.63. The van der Waals surface area contributed by atoms with Crippen LogP contribution in [0.5, 0.6) is 0 Å². The summed E-state index contributed by atoms with van der Waals surface area (Å²) in [6.07, 6.45) is 1.71. The first-order chi connectivity index (χ1) is 4.88. The van der Waals surface area contributed by atoms with Crippen LogP contribution in [0.25, 0.3) is 0 Å². The van der Waals surface area contributed by atoms with Gasteiger partial charge in [0.2, 0.25) is 0 Å². The number of fused-ring (bicyclic) bond motifs is 1. The fourth-order valence-electron chi connectivity index (χ4n) is 1.10. The highest BCUT2D eigenvalue weighted by molar-refractivity contribution is 5.84. The molecule has 1 aliphatic rings. The van der Waals surface area contributed by atoms with E-state index in [0.717, 1.165) is 11.1 Å². The Hall–Kier alpha value is -1.18. The van der Waals surface area contributed by atoms with Gasteiger partial charge in [-0.3, -0.25) is 4.99 Å². The summed E-state index contributed by atoms with van der Waals surface area (Å²) in [4.78, 5) is 3.95. The Morgan fingerprint density at radius 3 is 3.10 bits per heavy atom. The van der Waals surface area contributed by atoms with Gasteiger partial charge in [0.1, 0.15) is 5.82 Å². The lowest BCUT2D eigenvalue weighted by Gasteiger charge is -1.95. The molecule has 50 valence electrons. The molecule has 0 bridgehead atoms. The Kier molecular flexibility index (Phi) is 1.07. The molecule has 0 fully saturated rings. The zero-order chi connectivity index (χ0) is 6.97. The Labute approximate surface area is 58.2 Å². The minimum Gasteiger partial charge on any atom is -0.288 e. The number of hydrogen-bond acceptors (Lipinski definition) is 1. The van der Waals surface area contributed by atoms with Crippen molar-refractivity contribution in [2.75, 3.05) is 0 Å². The van der Waals surface area contributed by atoms with Crippen LogP contribution in [0.2, 0.25) is 0 Å². The van der Waals surface area contributed by atoms with Crippen LogP contribution in [-0.2, 0) is 6.54 Å². The smallest absolute Gasteiger partial charge is 0.128 e. The Morgan fingerprint density at radius 1 is 1.40 bits per heavy atom.